The molecule has 1 aliphatic heterocycles. The first kappa shape index (κ1) is 20.0. The van der Waals surface area contributed by atoms with E-state index in [1.165, 1.54) is 12.8 Å². The van der Waals surface area contributed by atoms with Crippen molar-refractivity contribution in [3.63, 3.8) is 0 Å². The van der Waals surface area contributed by atoms with Crippen molar-refractivity contribution in [2.45, 2.75) is 50.7 Å². The van der Waals surface area contributed by atoms with E-state index in [0.29, 0.717) is 32.0 Å². The number of amides is 1. The largest absolute Gasteiger partial charge is 0.490 e. The average molecular weight is 369 g/mol. The van der Waals surface area contributed by atoms with E-state index in [-0.39, 0.29) is 30.3 Å². The van der Waals surface area contributed by atoms with Crippen LogP contribution >= 0.6 is 12.4 Å². The lowest BCUT2D eigenvalue weighted by molar-refractivity contribution is -0.121. The van der Waals surface area contributed by atoms with Crippen molar-refractivity contribution in [3.8, 4) is 5.75 Å². The van der Waals surface area contributed by atoms with Crippen LogP contribution in [-0.4, -0.2) is 42.9 Å². The number of carbonyl (C=O) groups excluding carboxylic acids is 1. The van der Waals surface area contributed by atoms with Gasteiger partial charge in [-0.2, -0.15) is 0 Å². The molecule has 3 rings (SSSR count). The number of hydrogen-bond donors (Lipinski definition) is 3. The molecule has 0 radical (unpaired) electrons. The summed E-state index contributed by atoms with van der Waals surface area (Å²) < 4.78 is 6.01. The first-order chi connectivity index (χ1) is 11.7. The van der Waals surface area contributed by atoms with Gasteiger partial charge in [-0.1, -0.05) is 12.1 Å². The Labute approximate surface area is 155 Å². The Morgan fingerprint density at radius 1 is 1.28 bits per heavy atom. The summed E-state index contributed by atoms with van der Waals surface area (Å²) in [5.74, 6) is 1.08. The summed E-state index contributed by atoms with van der Waals surface area (Å²) in [5.41, 5.74) is 1.13. The Bertz CT molecular complexity index is 549. The minimum Gasteiger partial charge on any atom is -0.490 e. The molecule has 1 heterocycles. The van der Waals surface area contributed by atoms with Crippen LogP contribution in [0.25, 0.3) is 0 Å². The number of aryl methyl sites for hydroxylation is 1. The fourth-order valence-corrected chi connectivity index (χ4v) is 3.49. The van der Waals surface area contributed by atoms with E-state index in [9.17, 15) is 9.90 Å². The maximum Gasteiger partial charge on any atom is 0.220 e. The minimum atomic E-state index is -0.352. The van der Waals surface area contributed by atoms with Crippen LogP contribution in [0.15, 0.2) is 24.3 Å². The van der Waals surface area contributed by atoms with E-state index in [4.69, 9.17) is 4.74 Å². The molecular formula is C19H29ClN2O3. The molecule has 1 aromatic rings. The van der Waals surface area contributed by atoms with Crippen LogP contribution in [0.3, 0.4) is 0 Å². The summed E-state index contributed by atoms with van der Waals surface area (Å²) in [5, 5.41) is 15.8. The quantitative estimate of drug-likeness (QED) is 0.689. The molecule has 0 bridgehead atoms. The van der Waals surface area contributed by atoms with Crippen molar-refractivity contribution < 1.29 is 14.6 Å². The molecule has 1 saturated heterocycles. The Kier molecular flexibility index (Phi) is 8.00. The van der Waals surface area contributed by atoms with Crippen molar-refractivity contribution in [3.05, 3.63) is 29.8 Å². The fraction of sp³-hybridized carbons (Fsp3) is 0.632. The molecule has 2 aliphatic rings. The lowest BCUT2D eigenvalue weighted by Gasteiger charge is -2.15. The van der Waals surface area contributed by atoms with Crippen LogP contribution in [0.1, 0.15) is 37.7 Å². The number of ether oxygens (including phenoxy) is 1. The van der Waals surface area contributed by atoms with E-state index in [2.05, 4.69) is 16.7 Å². The highest BCUT2D eigenvalue weighted by Crippen LogP contribution is 2.24. The van der Waals surface area contributed by atoms with Crippen molar-refractivity contribution in [2.24, 2.45) is 5.92 Å². The molecule has 1 aromatic carbocycles. The van der Waals surface area contributed by atoms with Gasteiger partial charge in [-0.05, 0) is 49.8 Å². The van der Waals surface area contributed by atoms with Crippen LogP contribution < -0.4 is 15.4 Å². The maximum atomic E-state index is 12.0. The predicted octanol–water partition coefficient (Wildman–Crippen LogP) is 2.06. The molecule has 5 nitrogen and oxygen atoms in total. The predicted molar refractivity (Wildman–Crippen MR) is 100 cm³/mol. The lowest BCUT2D eigenvalue weighted by atomic mass is 10.1. The van der Waals surface area contributed by atoms with E-state index in [1.807, 2.05) is 18.2 Å². The number of benzene rings is 1. The zero-order chi connectivity index (χ0) is 16.8. The highest BCUT2D eigenvalue weighted by Gasteiger charge is 2.24. The number of β-amino-alcohol motifs (C(OH)–C–C–N with tert-alkyl or cyclic N) is 1. The van der Waals surface area contributed by atoms with Crippen LogP contribution in [0.2, 0.25) is 0 Å². The molecule has 0 aromatic heterocycles. The zero-order valence-corrected chi connectivity index (χ0v) is 15.4. The summed E-state index contributed by atoms with van der Waals surface area (Å²) in [7, 11) is 0. The van der Waals surface area contributed by atoms with Gasteiger partial charge in [0.05, 0.1) is 12.2 Å². The van der Waals surface area contributed by atoms with Crippen molar-refractivity contribution in [1.29, 1.82) is 0 Å². The van der Waals surface area contributed by atoms with Gasteiger partial charge in [0.1, 0.15) is 5.75 Å². The monoisotopic (exact) mass is 368 g/mol. The SMILES string of the molecule is Cl.O=C(CCc1cccc(OC2CCCC2)c1)NCC1CNCC1O. The summed E-state index contributed by atoms with van der Waals surface area (Å²) in [6.07, 6.45) is 5.99. The molecular weight excluding hydrogens is 340 g/mol. The van der Waals surface area contributed by atoms with Crippen LogP contribution in [-0.2, 0) is 11.2 Å². The standard InChI is InChI=1S/C19H28N2O3.ClH/c22-18-13-20-11-15(18)12-21-19(23)9-8-14-4-3-7-17(10-14)24-16-5-1-2-6-16;/h3-4,7,10,15-16,18,20,22H,1-2,5-6,8-9,11-13H2,(H,21,23);1H. The number of halogens is 1. The summed E-state index contributed by atoms with van der Waals surface area (Å²) in [6.45, 7) is 1.92. The molecule has 25 heavy (non-hydrogen) atoms. The van der Waals surface area contributed by atoms with Gasteiger partial charge in [0.25, 0.3) is 0 Å². The van der Waals surface area contributed by atoms with Gasteiger partial charge >= 0.3 is 0 Å². The van der Waals surface area contributed by atoms with Gasteiger partial charge < -0.3 is 20.5 Å². The molecule has 1 amide bonds. The van der Waals surface area contributed by atoms with E-state index in [1.54, 1.807) is 0 Å². The molecule has 1 saturated carbocycles. The molecule has 0 spiro atoms. The molecule has 2 atom stereocenters. The van der Waals surface area contributed by atoms with E-state index < -0.39 is 0 Å². The Morgan fingerprint density at radius 2 is 2.08 bits per heavy atom. The number of carbonyl (C=O) groups is 1. The van der Waals surface area contributed by atoms with Crippen molar-refractivity contribution in [1.82, 2.24) is 10.6 Å². The van der Waals surface area contributed by atoms with E-state index in [0.717, 1.165) is 30.7 Å². The lowest BCUT2D eigenvalue weighted by Crippen LogP contribution is -2.34. The van der Waals surface area contributed by atoms with Gasteiger partial charge in [-0.25, -0.2) is 0 Å². The molecule has 3 N–H and O–H groups in total. The summed E-state index contributed by atoms with van der Waals surface area (Å²) in [4.78, 5) is 12.0. The fourth-order valence-electron chi connectivity index (χ4n) is 3.49. The second-order valence-electron chi connectivity index (χ2n) is 6.96. The topological polar surface area (TPSA) is 70.6 Å². The zero-order valence-electron chi connectivity index (χ0n) is 14.6. The molecule has 2 unspecified atom stereocenters. The third kappa shape index (κ3) is 6.17. The second-order valence-corrected chi connectivity index (χ2v) is 6.96. The normalized spacial score (nSPS) is 23.2. The first-order valence-electron chi connectivity index (χ1n) is 9.12. The Morgan fingerprint density at radius 3 is 2.80 bits per heavy atom. The number of nitrogens with one attached hydrogen (secondary N) is 2. The van der Waals surface area contributed by atoms with Gasteiger partial charge in [0.15, 0.2) is 0 Å². The second kappa shape index (κ2) is 10.00. The minimum absolute atomic E-state index is 0. The third-order valence-corrected chi connectivity index (χ3v) is 5.01. The molecule has 1 aliphatic carbocycles. The van der Waals surface area contributed by atoms with Crippen LogP contribution in [0.5, 0.6) is 5.75 Å². The number of hydrogen-bond acceptors (Lipinski definition) is 4. The van der Waals surface area contributed by atoms with Crippen molar-refractivity contribution >= 4 is 18.3 Å². The summed E-state index contributed by atoms with van der Waals surface area (Å²) >= 11 is 0. The maximum absolute atomic E-state index is 12.0. The smallest absolute Gasteiger partial charge is 0.220 e. The Hall–Kier alpha value is -1.30. The molecule has 140 valence electrons. The molecule has 2 fully saturated rings. The van der Waals surface area contributed by atoms with Gasteiger partial charge in [-0.15, -0.1) is 12.4 Å². The van der Waals surface area contributed by atoms with E-state index >= 15 is 0 Å². The third-order valence-electron chi connectivity index (χ3n) is 5.01. The molecule has 6 heteroatoms. The highest BCUT2D eigenvalue weighted by molar-refractivity contribution is 5.85. The first-order valence-corrected chi connectivity index (χ1v) is 9.12. The van der Waals surface area contributed by atoms with Crippen molar-refractivity contribution in [2.75, 3.05) is 19.6 Å². The van der Waals surface area contributed by atoms with Crippen LogP contribution in [0, 0.1) is 5.92 Å². The Balaban J connectivity index is 0.00000225. The average Bonchev–Trinajstić information content (AvgIpc) is 3.23. The van der Waals surface area contributed by atoms with Gasteiger partial charge in [0, 0.05) is 32.0 Å². The van der Waals surface area contributed by atoms with Crippen LogP contribution in [0.4, 0.5) is 0 Å². The summed E-state index contributed by atoms with van der Waals surface area (Å²) in [6, 6.07) is 8.09. The number of aliphatic hydroxyl groups is 1. The van der Waals surface area contributed by atoms with Gasteiger partial charge in [0.2, 0.25) is 5.91 Å². The number of aliphatic hydroxyl groups excluding tert-OH is 1. The number of rotatable bonds is 7. The van der Waals surface area contributed by atoms with Gasteiger partial charge in [-0.3, -0.25) is 4.79 Å². The highest BCUT2D eigenvalue weighted by atomic mass is 35.5.